The molecule has 27 heavy (non-hydrogen) atoms. The van der Waals surface area contributed by atoms with Gasteiger partial charge in [0.05, 0.1) is 12.8 Å². The average molecular weight is 367 g/mol. The SMILES string of the molecule is COc1cc(C(C)(C)C)ccc1NC(=O)Nc1ccc2c(c1)CN(C)CC2. The summed E-state index contributed by atoms with van der Waals surface area (Å²) in [5.74, 6) is 0.657. The van der Waals surface area contributed by atoms with Gasteiger partial charge in [-0.2, -0.15) is 0 Å². The predicted octanol–water partition coefficient (Wildman–Crippen LogP) is 4.62. The van der Waals surface area contributed by atoms with Crippen LogP contribution in [0.3, 0.4) is 0 Å². The summed E-state index contributed by atoms with van der Waals surface area (Å²) in [5.41, 5.74) is 5.26. The topological polar surface area (TPSA) is 53.6 Å². The van der Waals surface area contributed by atoms with Crippen LogP contribution in [0.4, 0.5) is 16.2 Å². The minimum Gasteiger partial charge on any atom is -0.495 e. The highest BCUT2D eigenvalue weighted by Gasteiger charge is 2.17. The number of rotatable bonds is 3. The van der Waals surface area contributed by atoms with E-state index >= 15 is 0 Å². The fraction of sp³-hybridized carbons (Fsp3) is 0.409. The van der Waals surface area contributed by atoms with Gasteiger partial charge in [-0.05, 0) is 59.8 Å². The Kier molecular flexibility index (Phi) is 5.42. The molecule has 0 aliphatic carbocycles. The van der Waals surface area contributed by atoms with Crippen LogP contribution in [0.1, 0.15) is 37.5 Å². The van der Waals surface area contributed by atoms with Crippen molar-refractivity contribution in [2.45, 2.75) is 39.2 Å². The van der Waals surface area contributed by atoms with E-state index in [1.54, 1.807) is 7.11 Å². The zero-order chi connectivity index (χ0) is 19.6. The lowest BCUT2D eigenvalue weighted by molar-refractivity contribution is 0.262. The van der Waals surface area contributed by atoms with Gasteiger partial charge < -0.3 is 20.3 Å². The van der Waals surface area contributed by atoms with Crippen LogP contribution in [0.25, 0.3) is 0 Å². The fourth-order valence-electron chi connectivity index (χ4n) is 3.32. The van der Waals surface area contributed by atoms with E-state index in [0.29, 0.717) is 11.4 Å². The summed E-state index contributed by atoms with van der Waals surface area (Å²) in [7, 11) is 3.73. The van der Waals surface area contributed by atoms with Gasteiger partial charge in [-0.1, -0.05) is 32.9 Å². The van der Waals surface area contributed by atoms with Crippen LogP contribution in [0.5, 0.6) is 5.75 Å². The van der Waals surface area contributed by atoms with Crippen molar-refractivity contribution in [2.75, 3.05) is 31.3 Å². The molecule has 144 valence electrons. The van der Waals surface area contributed by atoms with E-state index in [0.717, 1.165) is 30.8 Å². The number of methoxy groups -OCH3 is 1. The van der Waals surface area contributed by atoms with E-state index in [2.05, 4.69) is 55.5 Å². The third-order valence-electron chi connectivity index (χ3n) is 4.98. The number of hydrogen-bond acceptors (Lipinski definition) is 3. The largest absolute Gasteiger partial charge is 0.495 e. The Labute approximate surface area is 161 Å². The summed E-state index contributed by atoms with van der Waals surface area (Å²) in [4.78, 5) is 14.8. The first-order valence-corrected chi connectivity index (χ1v) is 9.33. The van der Waals surface area contributed by atoms with Crippen molar-refractivity contribution in [2.24, 2.45) is 0 Å². The van der Waals surface area contributed by atoms with Gasteiger partial charge in [-0.15, -0.1) is 0 Å². The molecule has 3 rings (SSSR count). The highest BCUT2D eigenvalue weighted by atomic mass is 16.5. The molecule has 2 amide bonds. The van der Waals surface area contributed by atoms with Crippen molar-refractivity contribution in [3.8, 4) is 5.75 Å². The minimum absolute atomic E-state index is 0.0182. The molecule has 2 aromatic carbocycles. The molecule has 0 saturated heterocycles. The van der Waals surface area contributed by atoms with Gasteiger partial charge >= 0.3 is 6.03 Å². The first kappa shape index (κ1) is 19.2. The second-order valence-electron chi connectivity index (χ2n) is 8.22. The number of nitrogens with zero attached hydrogens (tertiary/aromatic N) is 1. The van der Waals surface area contributed by atoms with Crippen LogP contribution in [0.15, 0.2) is 36.4 Å². The molecular weight excluding hydrogens is 338 g/mol. The summed E-state index contributed by atoms with van der Waals surface area (Å²) in [6.07, 6.45) is 1.05. The highest BCUT2D eigenvalue weighted by molar-refractivity contribution is 6.00. The maximum atomic E-state index is 12.5. The Morgan fingerprint density at radius 2 is 1.85 bits per heavy atom. The molecule has 0 bridgehead atoms. The Morgan fingerprint density at radius 3 is 2.56 bits per heavy atom. The van der Waals surface area contributed by atoms with Gasteiger partial charge in [0.2, 0.25) is 0 Å². The van der Waals surface area contributed by atoms with Gasteiger partial charge in [0, 0.05) is 18.8 Å². The minimum atomic E-state index is -0.277. The van der Waals surface area contributed by atoms with Crippen LogP contribution >= 0.6 is 0 Å². The molecule has 0 aromatic heterocycles. The number of carbonyl (C=O) groups is 1. The highest BCUT2D eigenvalue weighted by Crippen LogP contribution is 2.31. The molecule has 1 heterocycles. The smallest absolute Gasteiger partial charge is 0.323 e. The van der Waals surface area contributed by atoms with Crippen LogP contribution in [-0.2, 0) is 18.4 Å². The zero-order valence-electron chi connectivity index (χ0n) is 16.8. The number of likely N-dealkylation sites (N-methyl/N-ethyl adjacent to an activating group) is 1. The quantitative estimate of drug-likeness (QED) is 0.832. The second kappa shape index (κ2) is 7.61. The Morgan fingerprint density at radius 1 is 1.07 bits per heavy atom. The molecule has 2 aromatic rings. The number of urea groups is 1. The van der Waals surface area contributed by atoms with Gasteiger partial charge in [-0.25, -0.2) is 4.79 Å². The Balaban J connectivity index is 1.72. The van der Waals surface area contributed by atoms with Crippen LogP contribution in [-0.4, -0.2) is 31.6 Å². The monoisotopic (exact) mass is 367 g/mol. The summed E-state index contributed by atoms with van der Waals surface area (Å²) in [6, 6.07) is 11.7. The number of amides is 2. The zero-order valence-corrected chi connectivity index (χ0v) is 16.8. The van der Waals surface area contributed by atoms with Crippen molar-refractivity contribution < 1.29 is 9.53 Å². The lowest BCUT2D eigenvalue weighted by Crippen LogP contribution is -2.27. The van der Waals surface area contributed by atoms with Crippen LogP contribution < -0.4 is 15.4 Å². The molecule has 1 aliphatic heterocycles. The normalized spacial score (nSPS) is 14.4. The molecule has 0 unspecified atom stereocenters. The predicted molar refractivity (Wildman–Crippen MR) is 111 cm³/mol. The van der Waals surface area contributed by atoms with Crippen molar-refractivity contribution in [3.05, 3.63) is 53.1 Å². The summed E-state index contributed by atoms with van der Waals surface area (Å²) in [6.45, 7) is 8.43. The number of nitrogens with one attached hydrogen (secondary N) is 2. The van der Waals surface area contributed by atoms with Crippen LogP contribution in [0.2, 0.25) is 0 Å². The van der Waals surface area contributed by atoms with Gasteiger partial charge in [0.25, 0.3) is 0 Å². The van der Waals surface area contributed by atoms with E-state index in [9.17, 15) is 4.79 Å². The average Bonchev–Trinajstić information content (AvgIpc) is 2.60. The first-order chi connectivity index (χ1) is 12.8. The molecule has 0 spiro atoms. The molecule has 5 heteroatoms. The van der Waals surface area contributed by atoms with Gasteiger partial charge in [0.1, 0.15) is 5.75 Å². The Bertz CT molecular complexity index is 840. The summed E-state index contributed by atoms with van der Waals surface area (Å²) >= 11 is 0. The molecule has 0 radical (unpaired) electrons. The van der Waals surface area contributed by atoms with Gasteiger partial charge in [-0.3, -0.25) is 0 Å². The maximum absolute atomic E-state index is 12.5. The number of anilines is 2. The Hall–Kier alpha value is -2.53. The molecule has 1 aliphatic rings. The van der Waals surface area contributed by atoms with Gasteiger partial charge in [0.15, 0.2) is 0 Å². The maximum Gasteiger partial charge on any atom is 0.323 e. The molecule has 2 N–H and O–H groups in total. The molecule has 0 fully saturated rings. The number of hydrogen-bond donors (Lipinski definition) is 2. The molecule has 0 saturated carbocycles. The first-order valence-electron chi connectivity index (χ1n) is 9.33. The third-order valence-corrected chi connectivity index (χ3v) is 4.98. The number of ether oxygens (including phenoxy) is 1. The standard InChI is InChI=1S/C22H29N3O2/c1-22(2,3)17-7-9-19(20(13-17)27-5)24-21(26)23-18-8-6-15-10-11-25(4)14-16(15)12-18/h6-9,12-13H,10-11,14H2,1-5H3,(H2,23,24,26). The fourth-order valence-corrected chi connectivity index (χ4v) is 3.32. The summed E-state index contributed by atoms with van der Waals surface area (Å²) in [5, 5.41) is 5.82. The molecular formula is C22H29N3O2. The van der Waals surface area contributed by atoms with E-state index in [1.807, 2.05) is 24.3 Å². The third kappa shape index (κ3) is 4.61. The summed E-state index contributed by atoms with van der Waals surface area (Å²) < 4.78 is 5.47. The molecule has 5 nitrogen and oxygen atoms in total. The lowest BCUT2D eigenvalue weighted by atomic mass is 9.87. The number of fused-ring (bicyclic) bond motifs is 1. The second-order valence-corrected chi connectivity index (χ2v) is 8.22. The van der Waals surface area contributed by atoms with Crippen molar-refractivity contribution in [3.63, 3.8) is 0 Å². The van der Waals surface area contributed by atoms with Crippen LogP contribution in [0, 0.1) is 0 Å². The van der Waals surface area contributed by atoms with E-state index in [1.165, 1.54) is 11.1 Å². The van der Waals surface area contributed by atoms with E-state index in [4.69, 9.17) is 4.74 Å². The lowest BCUT2D eigenvalue weighted by Gasteiger charge is -2.25. The van der Waals surface area contributed by atoms with E-state index in [-0.39, 0.29) is 11.4 Å². The number of benzene rings is 2. The van der Waals surface area contributed by atoms with Crippen molar-refractivity contribution in [1.29, 1.82) is 0 Å². The van der Waals surface area contributed by atoms with Crippen molar-refractivity contribution in [1.82, 2.24) is 4.90 Å². The van der Waals surface area contributed by atoms with Crippen molar-refractivity contribution >= 4 is 17.4 Å². The molecule has 0 atom stereocenters. The number of carbonyl (C=O) groups excluding carboxylic acids is 1. The van der Waals surface area contributed by atoms with E-state index < -0.39 is 0 Å².